The molecule has 0 aliphatic carbocycles. The number of aryl methyl sites for hydroxylation is 2. The Morgan fingerprint density at radius 1 is 1.40 bits per heavy atom. The number of hydrogen-bond donors (Lipinski definition) is 1. The van der Waals surface area contributed by atoms with Crippen molar-refractivity contribution < 1.29 is 4.79 Å². The van der Waals surface area contributed by atoms with Gasteiger partial charge in [-0.2, -0.15) is 5.10 Å². The van der Waals surface area contributed by atoms with Crippen molar-refractivity contribution in [2.24, 2.45) is 0 Å². The van der Waals surface area contributed by atoms with Crippen molar-refractivity contribution in [3.8, 4) is 0 Å². The molecule has 1 N–H and O–H groups in total. The summed E-state index contributed by atoms with van der Waals surface area (Å²) in [6, 6.07) is 0. The Hall–Kier alpha value is -1.32. The molecule has 0 unspecified atom stereocenters. The minimum atomic E-state index is -0.00782. The predicted molar refractivity (Wildman–Crippen MR) is 60.0 cm³/mol. The van der Waals surface area contributed by atoms with Crippen LogP contribution in [0.4, 0.5) is 0 Å². The molecule has 84 valence electrons. The fourth-order valence-electron chi connectivity index (χ4n) is 1.66. The van der Waals surface area contributed by atoms with Crippen molar-refractivity contribution in [1.29, 1.82) is 0 Å². The lowest BCUT2D eigenvalue weighted by molar-refractivity contribution is 0.0952. The van der Waals surface area contributed by atoms with Crippen molar-refractivity contribution in [2.45, 2.75) is 40.7 Å². The first-order valence-electron chi connectivity index (χ1n) is 5.44. The summed E-state index contributed by atoms with van der Waals surface area (Å²) in [6.45, 7) is 9.38. The Bertz CT molecular complexity index is 355. The normalized spacial score (nSPS) is 10.4. The maximum Gasteiger partial charge on any atom is 0.255 e. The highest BCUT2D eigenvalue weighted by molar-refractivity contribution is 5.96. The smallest absolute Gasteiger partial charge is 0.255 e. The largest absolute Gasteiger partial charge is 0.352 e. The first-order valence-corrected chi connectivity index (χ1v) is 5.44. The van der Waals surface area contributed by atoms with Gasteiger partial charge in [0.25, 0.3) is 5.91 Å². The third-order valence-corrected chi connectivity index (χ3v) is 2.44. The Kier molecular flexibility index (Phi) is 3.88. The zero-order valence-corrected chi connectivity index (χ0v) is 9.92. The van der Waals surface area contributed by atoms with E-state index in [1.807, 2.05) is 32.4 Å². The maximum absolute atomic E-state index is 11.8. The van der Waals surface area contributed by atoms with E-state index in [4.69, 9.17) is 0 Å². The molecule has 1 aromatic rings. The Morgan fingerprint density at radius 2 is 2.07 bits per heavy atom. The molecule has 1 rings (SSSR count). The zero-order chi connectivity index (χ0) is 11.4. The lowest BCUT2D eigenvalue weighted by atomic mass is 10.2. The van der Waals surface area contributed by atoms with Gasteiger partial charge >= 0.3 is 0 Å². The summed E-state index contributed by atoms with van der Waals surface area (Å²) in [4.78, 5) is 11.8. The number of rotatable bonds is 4. The second-order valence-electron chi connectivity index (χ2n) is 3.62. The molecule has 0 aliphatic heterocycles. The number of carbonyl (C=O) groups excluding carboxylic acids is 1. The van der Waals surface area contributed by atoms with Crippen LogP contribution in [0.15, 0.2) is 0 Å². The van der Waals surface area contributed by atoms with Crippen molar-refractivity contribution >= 4 is 5.91 Å². The summed E-state index contributed by atoms with van der Waals surface area (Å²) in [5, 5.41) is 7.19. The van der Waals surface area contributed by atoms with E-state index in [0.717, 1.165) is 36.5 Å². The monoisotopic (exact) mass is 209 g/mol. The summed E-state index contributed by atoms with van der Waals surface area (Å²) < 4.78 is 1.86. The van der Waals surface area contributed by atoms with Crippen LogP contribution in [0.2, 0.25) is 0 Å². The van der Waals surface area contributed by atoms with Gasteiger partial charge in [0.2, 0.25) is 0 Å². The SMILES string of the molecule is CCCNC(=O)c1c(C)nn(CC)c1C. The molecule has 0 bridgehead atoms. The molecule has 0 atom stereocenters. The highest BCUT2D eigenvalue weighted by atomic mass is 16.1. The fraction of sp³-hybridized carbons (Fsp3) is 0.636. The molecule has 4 heteroatoms. The summed E-state index contributed by atoms with van der Waals surface area (Å²) in [5.74, 6) is -0.00782. The molecular weight excluding hydrogens is 190 g/mol. The first-order chi connectivity index (χ1) is 7.11. The topological polar surface area (TPSA) is 46.9 Å². The van der Waals surface area contributed by atoms with Crippen LogP contribution in [0.25, 0.3) is 0 Å². The van der Waals surface area contributed by atoms with Crippen LogP contribution in [-0.4, -0.2) is 22.2 Å². The molecule has 0 aromatic carbocycles. The molecule has 4 nitrogen and oxygen atoms in total. The highest BCUT2D eigenvalue weighted by Gasteiger charge is 2.16. The molecule has 1 amide bonds. The molecule has 0 radical (unpaired) electrons. The average molecular weight is 209 g/mol. The average Bonchev–Trinajstić information content (AvgIpc) is 2.50. The molecule has 1 aromatic heterocycles. The maximum atomic E-state index is 11.8. The van der Waals surface area contributed by atoms with E-state index in [2.05, 4.69) is 10.4 Å². The van der Waals surface area contributed by atoms with E-state index in [9.17, 15) is 4.79 Å². The first kappa shape index (κ1) is 11.8. The molecule has 1 heterocycles. The Balaban J connectivity index is 2.93. The van der Waals surface area contributed by atoms with Crippen LogP contribution in [-0.2, 0) is 6.54 Å². The summed E-state index contributed by atoms with van der Waals surface area (Å²) in [7, 11) is 0. The van der Waals surface area contributed by atoms with Gasteiger partial charge in [0.15, 0.2) is 0 Å². The molecule has 0 saturated heterocycles. The summed E-state index contributed by atoms with van der Waals surface area (Å²) >= 11 is 0. The molecular formula is C11H19N3O. The molecule has 0 saturated carbocycles. The van der Waals surface area contributed by atoms with Crippen LogP contribution in [0.5, 0.6) is 0 Å². The lowest BCUT2D eigenvalue weighted by Gasteiger charge is -2.04. The minimum absolute atomic E-state index is 0.00782. The predicted octanol–water partition coefficient (Wildman–Crippen LogP) is 1.66. The number of nitrogens with one attached hydrogen (secondary N) is 1. The number of amides is 1. The van der Waals surface area contributed by atoms with Gasteiger partial charge in [-0.1, -0.05) is 6.92 Å². The van der Waals surface area contributed by atoms with Crippen LogP contribution >= 0.6 is 0 Å². The molecule has 0 aliphatic rings. The van der Waals surface area contributed by atoms with E-state index in [-0.39, 0.29) is 5.91 Å². The highest BCUT2D eigenvalue weighted by Crippen LogP contribution is 2.12. The quantitative estimate of drug-likeness (QED) is 0.819. The lowest BCUT2D eigenvalue weighted by Crippen LogP contribution is -2.25. The van der Waals surface area contributed by atoms with Crippen molar-refractivity contribution in [1.82, 2.24) is 15.1 Å². The van der Waals surface area contributed by atoms with Gasteiger partial charge in [0, 0.05) is 18.8 Å². The fourth-order valence-corrected chi connectivity index (χ4v) is 1.66. The molecule has 0 spiro atoms. The van der Waals surface area contributed by atoms with Crippen molar-refractivity contribution in [3.63, 3.8) is 0 Å². The third-order valence-electron chi connectivity index (χ3n) is 2.44. The van der Waals surface area contributed by atoms with Gasteiger partial charge in [-0.15, -0.1) is 0 Å². The summed E-state index contributed by atoms with van der Waals surface area (Å²) in [6.07, 6.45) is 0.950. The van der Waals surface area contributed by atoms with Crippen LogP contribution in [0.3, 0.4) is 0 Å². The number of nitrogens with zero attached hydrogens (tertiary/aromatic N) is 2. The van der Waals surface area contributed by atoms with Gasteiger partial charge in [0.05, 0.1) is 11.3 Å². The van der Waals surface area contributed by atoms with Crippen molar-refractivity contribution in [2.75, 3.05) is 6.54 Å². The number of hydrogen-bond acceptors (Lipinski definition) is 2. The van der Waals surface area contributed by atoms with Crippen molar-refractivity contribution in [3.05, 3.63) is 17.0 Å². The minimum Gasteiger partial charge on any atom is -0.352 e. The van der Waals surface area contributed by atoms with E-state index in [1.165, 1.54) is 0 Å². The van der Waals surface area contributed by atoms with E-state index in [1.54, 1.807) is 0 Å². The molecule has 15 heavy (non-hydrogen) atoms. The van der Waals surface area contributed by atoms with Gasteiger partial charge in [-0.25, -0.2) is 0 Å². The van der Waals surface area contributed by atoms with E-state index in [0.29, 0.717) is 0 Å². The second-order valence-corrected chi connectivity index (χ2v) is 3.62. The zero-order valence-electron chi connectivity index (χ0n) is 9.92. The van der Waals surface area contributed by atoms with Crippen LogP contribution in [0.1, 0.15) is 42.0 Å². The Morgan fingerprint density at radius 3 is 2.53 bits per heavy atom. The van der Waals surface area contributed by atoms with Gasteiger partial charge in [-0.3, -0.25) is 9.48 Å². The van der Waals surface area contributed by atoms with Crippen LogP contribution < -0.4 is 5.32 Å². The van der Waals surface area contributed by atoms with Crippen LogP contribution in [0, 0.1) is 13.8 Å². The number of carbonyl (C=O) groups is 1. The number of aromatic nitrogens is 2. The Labute approximate surface area is 90.7 Å². The third kappa shape index (κ3) is 2.37. The summed E-state index contributed by atoms with van der Waals surface area (Å²) in [5.41, 5.74) is 2.48. The second kappa shape index (κ2) is 4.96. The molecule has 0 fully saturated rings. The van der Waals surface area contributed by atoms with E-state index >= 15 is 0 Å². The van der Waals surface area contributed by atoms with Gasteiger partial charge in [-0.05, 0) is 27.2 Å². The van der Waals surface area contributed by atoms with E-state index < -0.39 is 0 Å². The standard InChI is InChI=1S/C11H19N3O/c1-5-7-12-11(15)10-8(3)13-14(6-2)9(10)4/h5-7H2,1-4H3,(H,12,15). The van der Waals surface area contributed by atoms with Gasteiger partial charge in [0.1, 0.15) is 0 Å². The van der Waals surface area contributed by atoms with Gasteiger partial charge < -0.3 is 5.32 Å².